The Morgan fingerprint density at radius 1 is 1.24 bits per heavy atom. The van der Waals surface area contributed by atoms with Gasteiger partial charge >= 0.3 is 0 Å². The van der Waals surface area contributed by atoms with Crippen molar-refractivity contribution in [2.75, 3.05) is 50.1 Å². The Morgan fingerprint density at radius 3 is 2.66 bits per heavy atom. The van der Waals surface area contributed by atoms with Crippen LogP contribution >= 0.6 is 11.3 Å². The number of nitrogens with one attached hydrogen (secondary N) is 1. The molecular formula is C21H28N4O3S. The Bertz CT molecular complexity index is 859. The average molecular weight is 417 g/mol. The van der Waals surface area contributed by atoms with E-state index in [-0.39, 0.29) is 11.7 Å². The van der Waals surface area contributed by atoms with Crippen molar-refractivity contribution in [3.05, 3.63) is 34.8 Å². The molecule has 1 aliphatic rings. The Hall–Kier alpha value is -2.61. The number of ether oxygens (including phenoxy) is 1. The van der Waals surface area contributed by atoms with Gasteiger partial charge in [0.2, 0.25) is 5.91 Å². The van der Waals surface area contributed by atoms with E-state index in [0.29, 0.717) is 17.8 Å². The highest BCUT2D eigenvalue weighted by atomic mass is 32.1. The monoisotopic (exact) mass is 416 g/mol. The number of anilines is 2. The number of amides is 1. The predicted octanol–water partition coefficient (Wildman–Crippen LogP) is 3.20. The number of Topliss-reactive ketones (excluding diaryl/α,β-unsaturated/α-hetero) is 1. The number of benzene rings is 1. The van der Waals surface area contributed by atoms with Crippen molar-refractivity contribution in [2.24, 2.45) is 0 Å². The molecule has 29 heavy (non-hydrogen) atoms. The Labute approximate surface area is 175 Å². The van der Waals surface area contributed by atoms with Gasteiger partial charge in [-0.2, -0.15) is 0 Å². The smallest absolute Gasteiger partial charge is 0.222 e. The number of carbonyl (C=O) groups is 2. The highest BCUT2D eigenvalue weighted by Crippen LogP contribution is 2.23. The van der Waals surface area contributed by atoms with Crippen molar-refractivity contribution >= 4 is 33.8 Å². The summed E-state index contributed by atoms with van der Waals surface area (Å²) in [5, 5.41) is 3.97. The van der Waals surface area contributed by atoms with Crippen LogP contribution in [0.25, 0.3) is 0 Å². The number of hydrogen-bond acceptors (Lipinski definition) is 7. The number of aromatic nitrogens is 1. The summed E-state index contributed by atoms with van der Waals surface area (Å²) in [7, 11) is 1.67. The van der Waals surface area contributed by atoms with Gasteiger partial charge in [0, 0.05) is 57.8 Å². The second kappa shape index (κ2) is 9.73. The van der Waals surface area contributed by atoms with Crippen LogP contribution in [-0.4, -0.2) is 61.4 Å². The summed E-state index contributed by atoms with van der Waals surface area (Å²) < 4.78 is 5.29. The molecule has 1 aliphatic heterocycles. The minimum Gasteiger partial charge on any atom is -0.497 e. The van der Waals surface area contributed by atoms with Crippen LogP contribution in [0.3, 0.4) is 0 Å². The first-order chi connectivity index (χ1) is 14.0. The van der Waals surface area contributed by atoms with E-state index in [0.717, 1.165) is 54.9 Å². The number of methoxy groups -OCH3 is 1. The van der Waals surface area contributed by atoms with Gasteiger partial charge in [0.15, 0.2) is 10.9 Å². The molecule has 1 aromatic heterocycles. The van der Waals surface area contributed by atoms with E-state index < -0.39 is 0 Å². The van der Waals surface area contributed by atoms with Crippen LogP contribution in [0.2, 0.25) is 0 Å². The van der Waals surface area contributed by atoms with E-state index in [4.69, 9.17) is 4.74 Å². The molecule has 0 unspecified atom stereocenters. The van der Waals surface area contributed by atoms with Crippen LogP contribution in [0.1, 0.15) is 35.1 Å². The molecule has 2 heterocycles. The number of hydrogen-bond donors (Lipinski definition) is 1. The number of thiazole rings is 1. The maximum absolute atomic E-state index is 12.5. The van der Waals surface area contributed by atoms with Crippen molar-refractivity contribution < 1.29 is 14.3 Å². The van der Waals surface area contributed by atoms with Gasteiger partial charge in [0.25, 0.3) is 0 Å². The van der Waals surface area contributed by atoms with Gasteiger partial charge in [-0.15, -0.1) is 0 Å². The summed E-state index contributed by atoms with van der Waals surface area (Å²) in [5.41, 5.74) is 1.89. The molecule has 0 bridgehead atoms. The number of rotatable bonds is 8. The van der Waals surface area contributed by atoms with E-state index in [1.807, 2.05) is 30.0 Å². The quantitative estimate of drug-likeness (QED) is 0.526. The summed E-state index contributed by atoms with van der Waals surface area (Å²) in [6.45, 7) is 7.17. The fourth-order valence-electron chi connectivity index (χ4n) is 3.41. The lowest BCUT2D eigenvalue weighted by Gasteiger charge is -2.36. The zero-order valence-corrected chi connectivity index (χ0v) is 18.1. The molecular weight excluding hydrogens is 388 g/mol. The van der Waals surface area contributed by atoms with Crippen LogP contribution in [0, 0.1) is 6.92 Å². The third-order valence-corrected chi connectivity index (χ3v) is 6.23. The van der Waals surface area contributed by atoms with Crippen LogP contribution in [0.15, 0.2) is 24.3 Å². The van der Waals surface area contributed by atoms with Gasteiger partial charge < -0.3 is 19.9 Å². The minimum atomic E-state index is 0.0383. The largest absolute Gasteiger partial charge is 0.497 e. The normalized spacial score (nSPS) is 14.0. The number of aryl methyl sites for hydroxylation is 1. The van der Waals surface area contributed by atoms with Crippen molar-refractivity contribution in [1.82, 2.24) is 9.88 Å². The number of nitrogens with zero attached hydrogens (tertiary/aromatic N) is 3. The molecule has 8 heteroatoms. The standard InChI is InChI=1S/C21H28N4O3S/c1-15-20(16(2)26)29-21(23-15)22-9-5-8-19(27)25-12-10-24(11-13-25)17-6-4-7-18(14-17)28-3/h4,6-7,14H,5,8-13H2,1-3H3,(H,22,23). The highest BCUT2D eigenvalue weighted by Gasteiger charge is 2.21. The minimum absolute atomic E-state index is 0.0383. The molecule has 156 valence electrons. The van der Waals surface area contributed by atoms with Crippen molar-refractivity contribution in [3.8, 4) is 5.75 Å². The van der Waals surface area contributed by atoms with Gasteiger partial charge in [0.05, 0.1) is 17.7 Å². The van der Waals surface area contributed by atoms with Crippen molar-refractivity contribution in [3.63, 3.8) is 0 Å². The van der Waals surface area contributed by atoms with Gasteiger partial charge in [-0.1, -0.05) is 17.4 Å². The van der Waals surface area contributed by atoms with E-state index in [2.05, 4.69) is 21.3 Å². The molecule has 0 aliphatic carbocycles. The first-order valence-electron chi connectivity index (χ1n) is 9.87. The number of ketones is 1. The molecule has 0 atom stereocenters. The summed E-state index contributed by atoms with van der Waals surface area (Å²) in [5.74, 6) is 1.08. The molecule has 1 N–H and O–H groups in total. The fourth-order valence-corrected chi connectivity index (χ4v) is 4.30. The predicted molar refractivity (Wildman–Crippen MR) is 116 cm³/mol. The molecule has 2 aromatic rings. The van der Waals surface area contributed by atoms with Crippen LogP contribution in [-0.2, 0) is 4.79 Å². The van der Waals surface area contributed by atoms with E-state index in [9.17, 15) is 9.59 Å². The number of carbonyl (C=O) groups excluding carboxylic acids is 2. The Morgan fingerprint density at radius 2 is 2.00 bits per heavy atom. The second-order valence-corrected chi connectivity index (χ2v) is 8.09. The van der Waals surface area contributed by atoms with E-state index in [1.54, 1.807) is 14.0 Å². The number of piperazine rings is 1. The fraction of sp³-hybridized carbons (Fsp3) is 0.476. The van der Waals surface area contributed by atoms with Crippen LogP contribution in [0.4, 0.5) is 10.8 Å². The summed E-state index contributed by atoms with van der Waals surface area (Å²) in [4.78, 5) is 33.3. The average Bonchev–Trinajstić information content (AvgIpc) is 3.12. The second-order valence-electron chi connectivity index (χ2n) is 7.09. The molecule has 0 saturated carbocycles. The van der Waals surface area contributed by atoms with Crippen LogP contribution in [0.5, 0.6) is 5.75 Å². The van der Waals surface area contributed by atoms with Gasteiger partial charge in [-0.3, -0.25) is 9.59 Å². The maximum atomic E-state index is 12.5. The summed E-state index contributed by atoms with van der Waals surface area (Å²) >= 11 is 1.37. The van der Waals surface area contributed by atoms with E-state index >= 15 is 0 Å². The van der Waals surface area contributed by atoms with Gasteiger partial charge in [0.1, 0.15) is 5.75 Å². The van der Waals surface area contributed by atoms with Crippen molar-refractivity contribution in [2.45, 2.75) is 26.7 Å². The molecule has 1 aromatic carbocycles. The lowest BCUT2D eigenvalue weighted by molar-refractivity contribution is -0.131. The molecule has 1 amide bonds. The first-order valence-corrected chi connectivity index (χ1v) is 10.7. The molecule has 7 nitrogen and oxygen atoms in total. The van der Waals surface area contributed by atoms with Gasteiger partial charge in [-0.05, 0) is 25.5 Å². The molecule has 0 radical (unpaired) electrons. The van der Waals surface area contributed by atoms with Crippen LogP contribution < -0.4 is 15.0 Å². The zero-order valence-electron chi connectivity index (χ0n) is 17.2. The molecule has 1 fully saturated rings. The topological polar surface area (TPSA) is 74.8 Å². The van der Waals surface area contributed by atoms with Crippen molar-refractivity contribution in [1.29, 1.82) is 0 Å². The zero-order chi connectivity index (χ0) is 20.8. The molecule has 0 spiro atoms. The SMILES string of the molecule is COc1cccc(N2CCN(C(=O)CCCNc3nc(C)c(C(C)=O)s3)CC2)c1. The Kier molecular flexibility index (Phi) is 7.09. The molecule has 3 rings (SSSR count). The maximum Gasteiger partial charge on any atom is 0.222 e. The lowest BCUT2D eigenvalue weighted by Crippen LogP contribution is -2.48. The highest BCUT2D eigenvalue weighted by molar-refractivity contribution is 7.17. The van der Waals surface area contributed by atoms with Gasteiger partial charge in [-0.25, -0.2) is 4.98 Å². The first kappa shape index (κ1) is 21.1. The molecule has 1 saturated heterocycles. The van der Waals surface area contributed by atoms with E-state index in [1.165, 1.54) is 11.3 Å². The summed E-state index contributed by atoms with van der Waals surface area (Å²) in [6.07, 6.45) is 1.25. The third kappa shape index (κ3) is 5.47. The lowest BCUT2D eigenvalue weighted by atomic mass is 10.2. The third-order valence-electron chi connectivity index (χ3n) is 5.01. The Balaban J connectivity index is 1.39. The summed E-state index contributed by atoms with van der Waals surface area (Å²) in [6, 6.07) is 8.03.